The summed E-state index contributed by atoms with van der Waals surface area (Å²) in [6.45, 7) is 0. The Morgan fingerprint density at radius 3 is 2.75 bits per heavy atom. The second-order valence-corrected chi connectivity index (χ2v) is 6.77. The van der Waals surface area contributed by atoms with Crippen LogP contribution < -0.4 is 4.72 Å². The molecular formula is C11H14ClN3O4S. The first-order valence-electron chi connectivity index (χ1n) is 6.03. The van der Waals surface area contributed by atoms with E-state index >= 15 is 0 Å². The minimum Gasteiger partial charge on any atom is -0.469 e. The smallest absolute Gasteiger partial charge is 0.310 e. The normalized spacial score (nSPS) is 22.5. The number of sulfonamides is 1. The lowest BCUT2D eigenvalue weighted by Gasteiger charge is -2.18. The Bertz CT molecular complexity index is 590. The maximum absolute atomic E-state index is 12.3. The van der Waals surface area contributed by atoms with Gasteiger partial charge in [0, 0.05) is 0 Å². The van der Waals surface area contributed by atoms with Crippen molar-refractivity contribution < 1.29 is 17.9 Å². The van der Waals surface area contributed by atoms with Gasteiger partial charge in [-0.05, 0) is 25.0 Å². The Morgan fingerprint density at radius 1 is 1.40 bits per heavy atom. The number of carbonyl (C=O) groups excluding carboxylic acids is 1. The second-order valence-electron chi connectivity index (χ2n) is 4.49. The van der Waals surface area contributed by atoms with Crippen molar-refractivity contribution in [1.29, 1.82) is 0 Å². The highest BCUT2D eigenvalue weighted by Gasteiger charge is 2.42. The van der Waals surface area contributed by atoms with E-state index in [-0.39, 0.29) is 11.0 Å². The molecule has 1 aromatic heterocycles. The molecular weight excluding hydrogens is 306 g/mol. The molecule has 1 fully saturated rings. The molecule has 2 rings (SSSR count). The van der Waals surface area contributed by atoms with Crippen LogP contribution in [0.15, 0.2) is 12.1 Å². The summed E-state index contributed by atoms with van der Waals surface area (Å²) in [6, 6.07) is 2.84. The van der Waals surface area contributed by atoms with Crippen LogP contribution in [0.25, 0.3) is 0 Å². The van der Waals surface area contributed by atoms with Crippen molar-refractivity contribution in [2.75, 3.05) is 11.8 Å². The highest BCUT2D eigenvalue weighted by molar-refractivity contribution is 7.93. The van der Waals surface area contributed by atoms with E-state index in [2.05, 4.69) is 19.7 Å². The van der Waals surface area contributed by atoms with Gasteiger partial charge in [-0.1, -0.05) is 18.0 Å². The zero-order valence-corrected chi connectivity index (χ0v) is 12.3. The zero-order chi connectivity index (χ0) is 14.8. The number of nitrogens with one attached hydrogen (secondary N) is 1. The van der Waals surface area contributed by atoms with E-state index in [4.69, 9.17) is 11.6 Å². The number of hydrogen-bond acceptors (Lipinski definition) is 6. The molecule has 1 aliphatic rings. The van der Waals surface area contributed by atoms with Gasteiger partial charge in [0.2, 0.25) is 10.0 Å². The van der Waals surface area contributed by atoms with Crippen LogP contribution in [-0.4, -0.2) is 36.9 Å². The van der Waals surface area contributed by atoms with E-state index in [0.717, 1.165) is 0 Å². The first-order valence-corrected chi connectivity index (χ1v) is 7.95. The predicted octanol–water partition coefficient (Wildman–Crippen LogP) is 1.21. The van der Waals surface area contributed by atoms with Crippen LogP contribution in [-0.2, 0) is 19.6 Å². The van der Waals surface area contributed by atoms with Crippen molar-refractivity contribution in [3.05, 3.63) is 17.3 Å². The van der Waals surface area contributed by atoms with Gasteiger partial charge >= 0.3 is 5.97 Å². The Morgan fingerprint density at radius 2 is 2.15 bits per heavy atom. The third kappa shape index (κ3) is 3.18. The fourth-order valence-corrected chi connectivity index (χ4v) is 4.12. The van der Waals surface area contributed by atoms with Gasteiger partial charge < -0.3 is 4.74 Å². The van der Waals surface area contributed by atoms with Crippen molar-refractivity contribution in [1.82, 2.24) is 10.2 Å². The second kappa shape index (κ2) is 5.92. The molecule has 1 saturated carbocycles. The Balaban J connectivity index is 2.17. The molecule has 1 N–H and O–H groups in total. The fourth-order valence-electron chi connectivity index (χ4n) is 2.31. The van der Waals surface area contributed by atoms with E-state index in [9.17, 15) is 13.2 Å². The summed E-state index contributed by atoms with van der Waals surface area (Å²) in [6.07, 6.45) is 1.58. The summed E-state index contributed by atoms with van der Waals surface area (Å²) >= 11 is 5.58. The fraction of sp³-hybridized carbons (Fsp3) is 0.545. The van der Waals surface area contributed by atoms with E-state index < -0.39 is 27.2 Å². The lowest BCUT2D eigenvalue weighted by molar-refractivity contribution is -0.145. The molecule has 0 aromatic carbocycles. The van der Waals surface area contributed by atoms with Crippen LogP contribution in [0.5, 0.6) is 0 Å². The minimum absolute atomic E-state index is 0.0740. The summed E-state index contributed by atoms with van der Waals surface area (Å²) in [5.74, 6) is -1.07. The average Bonchev–Trinajstić information content (AvgIpc) is 2.90. The molecule has 2 unspecified atom stereocenters. The van der Waals surface area contributed by atoms with Gasteiger partial charge in [0.15, 0.2) is 11.0 Å². The molecule has 1 heterocycles. The molecule has 9 heteroatoms. The van der Waals surface area contributed by atoms with Crippen LogP contribution in [0.4, 0.5) is 5.82 Å². The molecule has 110 valence electrons. The van der Waals surface area contributed by atoms with Crippen LogP contribution in [0.3, 0.4) is 0 Å². The molecule has 0 aliphatic heterocycles. The maximum Gasteiger partial charge on any atom is 0.310 e. The number of rotatable bonds is 4. The number of ether oxygens (including phenoxy) is 1. The molecule has 0 bridgehead atoms. The average molecular weight is 320 g/mol. The summed E-state index contributed by atoms with van der Waals surface area (Å²) in [5, 5.41) is 6.55. The van der Waals surface area contributed by atoms with Gasteiger partial charge in [-0.3, -0.25) is 9.52 Å². The Hall–Kier alpha value is -1.41. The number of aromatic nitrogens is 2. The standard InChI is InChI=1S/C11H14ClN3O4S/c1-19-11(16)7-3-2-4-8(7)20(17,18)15-10-6-5-9(12)13-14-10/h5-8H,2-4H2,1H3,(H,14,15). The van der Waals surface area contributed by atoms with Gasteiger partial charge in [0.05, 0.1) is 18.3 Å². The van der Waals surface area contributed by atoms with Crippen LogP contribution in [0.1, 0.15) is 19.3 Å². The number of carbonyl (C=O) groups is 1. The minimum atomic E-state index is -3.73. The molecule has 7 nitrogen and oxygen atoms in total. The maximum atomic E-state index is 12.3. The van der Waals surface area contributed by atoms with Crippen molar-refractivity contribution in [2.24, 2.45) is 5.92 Å². The van der Waals surface area contributed by atoms with E-state index in [1.165, 1.54) is 19.2 Å². The SMILES string of the molecule is COC(=O)C1CCCC1S(=O)(=O)Nc1ccc(Cl)nn1. The third-order valence-corrected chi connectivity index (χ3v) is 5.29. The van der Waals surface area contributed by atoms with Gasteiger partial charge in [-0.25, -0.2) is 8.42 Å². The molecule has 2 atom stereocenters. The van der Waals surface area contributed by atoms with E-state index in [1.807, 2.05) is 0 Å². The molecule has 0 spiro atoms. The first-order chi connectivity index (χ1) is 9.44. The molecule has 0 radical (unpaired) electrons. The summed E-state index contributed by atoms with van der Waals surface area (Å²) in [4.78, 5) is 11.6. The van der Waals surface area contributed by atoms with Crippen molar-refractivity contribution >= 4 is 33.4 Å². The van der Waals surface area contributed by atoms with Gasteiger partial charge in [-0.15, -0.1) is 10.2 Å². The number of esters is 1. The summed E-state index contributed by atoms with van der Waals surface area (Å²) < 4.78 is 31.6. The zero-order valence-electron chi connectivity index (χ0n) is 10.7. The highest BCUT2D eigenvalue weighted by atomic mass is 35.5. The lowest BCUT2D eigenvalue weighted by Crippen LogP contribution is -2.35. The van der Waals surface area contributed by atoms with Crippen LogP contribution >= 0.6 is 11.6 Å². The third-order valence-electron chi connectivity index (χ3n) is 3.23. The highest BCUT2D eigenvalue weighted by Crippen LogP contribution is 2.32. The molecule has 0 saturated heterocycles. The summed E-state index contributed by atoms with van der Waals surface area (Å²) in [7, 11) is -2.47. The largest absolute Gasteiger partial charge is 0.469 e. The quantitative estimate of drug-likeness (QED) is 0.838. The van der Waals surface area contributed by atoms with Crippen molar-refractivity contribution in [2.45, 2.75) is 24.5 Å². The van der Waals surface area contributed by atoms with Crippen molar-refractivity contribution in [3.8, 4) is 0 Å². The molecule has 1 aliphatic carbocycles. The monoisotopic (exact) mass is 319 g/mol. The molecule has 0 amide bonds. The number of anilines is 1. The van der Waals surface area contributed by atoms with Gasteiger partial charge in [-0.2, -0.15) is 0 Å². The Kier molecular flexibility index (Phi) is 4.44. The summed E-state index contributed by atoms with van der Waals surface area (Å²) in [5.41, 5.74) is 0. The van der Waals surface area contributed by atoms with Gasteiger partial charge in [0.1, 0.15) is 0 Å². The molecule has 1 aromatic rings. The lowest BCUT2D eigenvalue weighted by atomic mass is 10.1. The molecule has 20 heavy (non-hydrogen) atoms. The first kappa shape index (κ1) is 15.0. The Labute approximate surface area is 121 Å². The van der Waals surface area contributed by atoms with E-state index in [0.29, 0.717) is 19.3 Å². The van der Waals surface area contributed by atoms with Crippen LogP contribution in [0.2, 0.25) is 5.15 Å². The predicted molar refractivity (Wildman–Crippen MR) is 72.7 cm³/mol. The number of halogens is 1. The number of nitrogens with zero attached hydrogens (tertiary/aromatic N) is 2. The van der Waals surface area contributed by atoms with Crippen molar-refractivity contribution in [3.63, 3.8) is 0 Å². The van der Waals surface area contributed by atoms with Gasteiger partial charge in [0.25, 0.3) is 0 Å². The number of methoxy groups -OCH3 is 1. The topological polar surface area (TPSA) is 98.2 Å². The van der Waals surface area contributed by atoms with Crippen LogP contribution in [0, 0.1) is 5.92 Å². The number of hydrogen-bond donors (Lipinski definition) is 1. The van der Waals surface area contributed by atoms with E-state index in [1.54, 1.807) is 0 Å².